The molecular formula is C10H15NO4S. The van der Waals surface area contributed by atoms with Crippen LogP contribution in [0.5, 0.6) is 5.75 Å². The lowest BCUT2D eigenvalue weighted by Gasteiger charge is -2.11. The van der Waals surface area contributed by atoms with Crippen LogP contribution in [0, 0.1) is 13.8 Å². The quantitative estimate of drug-likeness (QED) is 0.785. The van der Waals surface area contributed by atoms with Gasteiger partial charge in [-0.3, -0.25) is 0 Å². The normalized spacial score (nSPS) is 11.5. The highest BCUT2D eigenvalue weighted by molar-refractivity contribution is 7.89. The summed E-state index contributed by atoms with van der Waals surface area (Å²) in [5.41, 5.74) is 1.23. The molecule has 90 valence electrons. The van der Waals surface area contributed by atoms with Crippen molar-refractivity contribution in [3.63, 3.8) is 0 Å². The molecule has 0 saturated heterocycles. The van der Waals surface area contributed by atoms with E-state index in [0.717, 1.165) is 0 Å². The Hall–Kier alpha value is -1.11. The van der Waals surface area contributed by atoms with Crippen LogP contribution in [-0.4, -0.2) is 20.2 Å². The van der Waals surface area contributed by atoms with Crippen molar-refractivity contribution < 1.29 is 18.4 Å². The largest absolute Gasteiger partial charge is 0.494 e. The Kier molecular flexibility index (Phi) is 3.90. The number of aryl methyl sites for hydroxylation is 2. The van der Waals surface area contributed by atoms with E-state index in [4.69, 9.17) is 9.94 Å². The smallest absolute Gasteiger partial charge is 0.262 e. The van der Waals surface area contributed by atoms with E-state index >= 15 is 0 Å². The van der Waals surface area contributed by atoms with E-state index in [1.807, 2.05) is 6.92 Å². The van der Waals surface area contributed by atoms with E-state index in [2.05, 4.69) is 0 Å². The average molecular weight is 245 g/mol. The summed E-state index contributed by atoms with van der Waals surface area (Å²) in [4.78, 5) is 1.36. The first-order valence-corrected chi connectivity index (χ1v) is 6.30. The van der Waals surface area contributed by atoms with Crippen LogP contribution in [0.15, 0.2) is 17.0 Å². The molecule has 2 N–H and O–H groups in total. The fraction of sp³-hybridized carbons (Fsp3) is 0.400. The van der Waals surface area contributed by atoms with Crippen molar-refractivity contribution in [3.8, 4) is 5.75 Å². The van der Waals surface area contributed by atoms with Gasteiger partial charge in [-0.2, -0.15) is 0 Å². The topological polar surface area (TPSA) is 75.6 Å². The molecule has 0 aromatic heterocycles. The lowest BCUT2D eigenvalue weighted by atomic mass is 10.1. The van der Waals surface area contributed by atoms with E-state index in [1.165, 1.54) is 11.0 Å². The third kappa shape index (κ3) is 2.52. The summed E-state index contributed by atoms with van der Waals surface area (Å²) < 4.78 is 28.2. The molecule has 5 nitrogen and oxygen atoms in total. The lowest BCUT2D eigenvalue weighted by molar-refractivity contribution is 0.242. The molecule has 0 aliphatic heterocycles. The molecular weight excluding hydrogens is 230 g/mol. The molecule has 0 radical (unpaired) electrons. The Morgan fingerprint density at radius 1 is 1.31 bits per heavy atom. The summed E-state index contributed by atoms with van der Waals surface area (Å²) in [6, 6.07) is 3.11. The van der Waals surface area contributed by atoms with Crippen LogP contribution in [0.1, 0.15) is 18.1 Å². The van der Waals surface area contributed by atoms with E-state index in [0.29, 0.717) is 23.5 Å². The van der Waals surface area contributed by atoms with Gasteiger partial charge in [-0.05, 0) is 44.0 Å². The Bertz CT molecular complexity index is 482. The van der Waals surface area contributed by atoms with E-state index in [9.17, 15) is 8.42 Å². The highest BCUT2D eigenvalue weighted by Crippen LogP contribution is 2.25. The number of sulfonamides is 1. The van der Waals surface area contributed by atoms with Crippen LogP contribution >= 0.6 is 0 Å². The summed E-state index contributed by atoms with van der Waals surface area (Å²) in [6.45, 7) is 5.77. The first kappa shape index (κ1) is 13.0. The minimum absolute atomic E-state index is 0.0518. The summed E-state index contributed by atoms with van der Waals surface area (Å²) in [6.07, 6.45) is 0. The zero-order valence-electron chi connectivity index (χ0n) is 9.44. The van der Waals surface area contributed by atoms with Crippen LogP contribution in [0.3, 0.4) is 0 Å². The Balaban J connectivity index is 3.31. The van der Waals surface area contributed by atoms with Crippen LogP contribution < -0.4 is 9.62 Å². The van der Waals surface area contributed by atoms with E-state index in [1.54, 1.807) is 19.9 Å². The molecule has 0 aliphatic rings. The second-order valence-electron chi connectivity index (χ2n) is 3.41. The van der Waals surface area contributed by atoms with Gasteiger partial charge in [-0.15, -0.1) is 0 Å². The number of hydrogen-bond donors (Lipinski definition) is 2. The molecule has 0 fully saturated rings. The first-order chi connectivity index (χ1) is 7.42. The molecule has 6 heteroatoms. The summed E-state index contributed by atoms with van der Waals surface area (Å²) in [5, 5.41) is 8.57. The zero-order chi connectivity index (χ0) is 12.3. The molecule has 1 aromatic rings. The fourth-order valence-corrected chi connectivity index (χ4v) is 2.33. The maximum atomic E-state index is 11.4. The van der Waals surface area contributed by atoms with E-state index < -0.39 is 10.0 Å². The van der Waals surface area contributed by atoms with Crippen molar-refractivity contribution in [3.05, 3.63) is 23.3 Å². The highest BCUT2D eigenvalue weighted by Gasteiger charge is 2.17. The van der Waals surface area contributed by atoms with Gasteiger partial charge < -0.3 is 9.94 Å². The molecule has 0 heterocycles. The number of ether oxygens (including phenoxy) is 1. The van der Waals surface area contributed by atoms with Gasteiger partial charge in [0.2, 0.25) is 0 Å². The van der Waals surface area contributed by atoms with Gasteiger partial charge in [-0.25, -0.2) is 8.42 Å². The predicted octanol–water partition coefficient (Wildman–Crippen LogP) is 1.37. The zero-order valence-corrected chi connectivity index (χ0v) is 10.3. The van der Waals surface area contributed by atoms with Gasteiger partial charge in [0.15, 0.2) is 0 Å². The molecule has 0 saturated carbocycles. The summed E-state index contributed by atoms with van der Waals surface area (Å²) >= 11 is 0. The highest BCUT2D eigenvalue weighted by atomic mass is 32.2. The van der Waals surface area contributed by atoms with Crippen LogP contribution in [0.4, 0.5) is 0 Å². The molecule has 16 heavy (non-hydrogen) atoms. The number of hydrogen-bond acceptors (Lipinski definition) is 4. The van der Waals surface area contributed by atoms with Crippen molar-refractivity contribution in [1.82, 2.24) is 4.89 Å². The summed E-state index contributed by atoms with van der Waals surface area (Å²) in [7, 11) is -3.83. The number of benzene rings is 1. The van der Waals surface area contributed by atoms with Gasteiger partial charge in [-0.1, -0.05) is 4.89 Å². The Morgan fingerprint density at radius 2 is 1.94 bits per heavy atom. The summed E-state index contributed by atoms with van der Waals surface area (Å²) in [5.74, 6) is 0.650. The Morgan fingerprint density at radius 3 is 2.44 bits per heavy atom. The monoisotopic (exact) mass is 245 g/mol. The fourth-order valence-electron chi connectivity index (χ4n) is 1.41. The lowest BCUT2D eigenvalue weighted by Crippen LogP contribution is -2.20. The molecule has 0 unspecified atom stereocenters. The predicted molar refractivity (Wildman–Crippen MR) is 59.2 cm³/mol. The van der Waals surface area contributed by atoms with Crippen LogP contribution in [0.25, 0.3) is 0 Å². The van der Waals surface area contributed by atoms with Gasteiger partial charge in [0, 0.05) is 0 Å². The van der Waals surface area contributed by atoms with Gasteiger partial charge in [0.1, 0.15) is 5.75 Å². The third-order valence-corrected chi connectivity index (χ3v) is 3.44. The molecule has 1 rings (SSSR count). The van der Waals surface area contributed by atoms with Crippen LogP contribution in [-0.2, 0) is 10.0 Å². The molecule has 0 bridgehead atoms. The second-order valence-corrected chi connectivity index (χ2v) is 5.04. The van der Waals surface area contributed by atoms with Crippen molar-refractivity contribution in [1.29, 1.82) is 0 Å². The average Bonchev–Trinajstić information content (AvgIpc) is 2.23. The maximum Gasteiger partial charge on any atom is 0.262 e. The molecule has 0 atom stereocenters. The van der Waals surface area contributed by atoms with Crippen molar-refractivity contribution in [2.45, 2.75) is 25.7 Å². The number of rotatable bonds is 4. The van der Waals surface area contributed by atoms with Crippen molar-refractivity contribution in [2.24, 2.45) is 0 Å². The second kappa shape index (κ2) is 4.82. The van der Waals surface area contributed by atoms with Crippen molar-refractivity contribution in [2.75, 3.05) is 6.61 Å². The molecule has 1 aromatic carbocycles. The maximum absolute atomic E-state index is 11.4. The minimum atomic E-state index is -3.83. The standard InChI is InChI=1S/C10H15NO4S/c1-4-15-9-5-8(3)10(6-7(9)2)16(13,14)11-12/h5-6,11-12H,4H2,1-3H3. The van der Waals surface area contributed by atoms with Gasteiger partial charge in [0.25, 0.3) is 10.0 Å². The first-order valence-electron chi connectivity index (χ1n) is 4.82. The molecule has 0 spiro atoms. The van der Waals surface area contributed by atoms with Gasteiger partial charge >= 0.3 is 0 Å². The van der Waals surface area contributed by atoms with Gasteiger partial charge in [0.05, 0.1) is 11.5 Å². The molecule has 0 amide bonds. The SMILES string of the molecule is CCOc1cc(C)c(S(=O)(=O)NO)cc1C. The minimum Gasteiger partial charge on any atom is -0.494 e. The van der Waals surface area contributed by atoms with E-state index in [-0.39, 0.29) is 4.90 Å². The molecule has 0 aliphatic carbocycles. The third-order valence-electron chi connectivity index (χ3n) is 2.18. The Labute approximate surface area is 95.1 Å². The van der Waals surface area contributed by atoms with Crippen LogP contribution in [0.2, 0.25) is 0 Å². The number of nitrogens with one attached hydrogen (secondary N) is 1. The van der Waals surface area contributed by atoms with Crippen molar-refractivity contribution >= 4 is 10.0 Å².